The van der Waals surface area contributed by atoms with Gasteiger partial charge in [-0.1, -0.05) is 36.6 Å². The number of rotatable bonds is 4. The van der Waals surface area contributed by atoms with Crippen LogP contribution in [0, 0.1) is 11.8 Å². The summed E-state index contributed by atoms with van der Waals surface area (Å²) < 4.78 is 5.35. The number of hydrogen-bond acceptors (Lipinski definition) is 4. The monoisotopic (exact) mass is 397 g/mol. The molecular formula is C22H20ClNO4. The molecule has 0 N–H and O–H groups in total. The molecular weight excluding hydrogens is 378 g/mol. The van der Waals surface area contributed by atoms with Crippen LogP contribution in [0.1, 0.15) is 31.2 Å². The molecule has 0 spiro atoms. The van der Waals surface area contributed by atoms with Crippen LogP contribution in [-0.2, 0) is 20.8 Å². The van der Waals surface area contributed by atoms with Crippen molar-refractivity contribution in [2.75, 3.05) is 4.90 Å². The van der Waals surface area contributed by atoms with Gasteiger partial charge < -0.3 is 4.74 Å². The Balaban J connectivity index is 1.42. The molecule has 2 aliphatic rings. The highest BCUT2D eigenvalue weighted by Crippen LogP contribution is 2.40. The molecule has 1 saturated heterocycles. The molecule has 4 rings (SSSR count). The smallest absolute Gasteiger partial charge is 0.315 e. The third-order valence-electron chi connectivity index (χ3n) is 5.43. The van der Waals surface area contributed by atoms with Crippen LogP contribution in [0.2, 0.25) is 5.02 Å². The van der Waals surface area contributed by atoms with Crippen molar-refractivity contribution in [1.82, 2.24) is 0 Å². The fourth-order valence-electron chi connectivity index (χ4n) is 4.02. The van der Waals surface area contributed by atoms with Gasteiger partial charge in [0.05, 0.1) is 23.9 Å². The highest BCUT2D eigenvalue weighted by molar-refractivity contribution is 6.30. The normalized spacial score (nSPS) is 21.5. The predicted octanol–water partition coefficient (Wildman–Crippen LogP) is 4.17. The Morgan fingerprint density at radius 3 is 2.07 bits per heavy atom. The number of carbonyl (C=O) groups excluding carboxylic acids is 3. The lowest BCUT2D eigenvalue weighted by atomic mass is 9.81. The third-order valence-corrected chi connectivity index (χ3v) is 5.68. The summed E-state index contributed by atoms with van der Waals surface area (Å²) in [4.78, 5) is 38.7. The molecule has 2 aromatic carbocycles. The molecule has 6 heteroatoms. The summed E-state index contributed by atoms with van der Waals surface area (Å²) in [5.41, 5.74) is 1.34. The van der Waals surface area contributed by atoms with E-state index < -0.39 is 5.97 Å². The topological polar surface area (TPSA) is 63.7 Å². The lowest BCUT2D eigenvalue weighted by molar-refractivity contribution is -0.133. The summed E-state index contributed by atoms with van der Waals surface area (Å²) >= 11 is 5.84. The van der Waals surface area contributed by atoms with Crippen LogP contribution in [-0.4, -0.2) is 17.8 Å². The molecule has 1 aliphatic carbocycles. The summed E-state index contributed by atoms with van der Waals surface area (Å²) in [6, 6.07) is 13.5. The third kappa shape index (κ3) is 3.67. The van der Waals surface area contributed by atoms with Crippen LogP contribution >= 0.6 is 11.6 Å². The van der Waals surface area contributed by atoms with Gasteiger partial charge in [-0.3, -0.25) is 19.3 Å². The molecule has 0 radical (unpaired) electrons. The van der Waals surface area contributed by atoms with Crippen LogP contribution < -0.4 is 9.64 Å². The van der Waals surface area contributed by atoms with E-state index in [1.54, 1.807) is 48.5 Å². The second kappa shape index (κ2) is 7.76. The SMILES string of the molecule is O=C(Cc1ccc(Cl)cc1)Oc1ccc(N2C(=O)[C@@H]3CCCC[C@H]3C2=O)cc1. The molecule has 1 aliphatic heterocycles. The van der Waals surface area contributed by atoms with Crippen molar-refractivity contribution in [2.24, 2.45) is 11.8 Å². The number of halogens is 1. The first-order valence-corrected chi connectivity index (χ1v) is 9.84. The fourth-order valence-corrected chi connectivity index (χ4v) is 4.14. The molecule has 2 amide bonds. The van der Waals surface area contributed by atoms with Gasteiger partial charge in [-0.15, -0.1) is 0 Å². The molecule has 0 unspecified atom stereocenters. The first kappa shape index (κ1) is 18.7. The number of imide groups is 1. The molecule has 2 atom stereocenters. The predicted molar refractivity (Wildman–Crippen MR) is 105 cm³/mol. The number of hydrogen-bond donors (Lipinski definition) is 0. The fraction of sp³-hybridized carbons (Fsp3) is 0.318. The van der Waals surface area contributed by atoms with E-state index >= 15 is 0 Å². The number of nitrogens with zero attached hydrogens (tertiary/aromatic N) is 1. The minimum absolute atomic E-state index is 0.109. The van der Waals surface area contributed by atoms with Crippen molar-refractivity contribution in [2.45, 2.75) is 32.1 Å². The first-order chi connectivity index (χ1) is 13.5. The minimum Gasteiger partial charge on any atom is -0.426 e. The summed E-state index contributed by atoms with van der Waals surface area (Å²) in [6.07, 6.45) is 3.69. The molecule has 2 aromatic rings. The molecule has 0 aromatic heterocycles. The maximum Gasteiger partial charge on any atom is 0.315 e. The largest absolute Gasteiger partial charge is 0.426 e. The van der Waals surface area contributed by atoms with E-state index in [0.29, 0.717) is 16.5 Å². The van der Waals surface area contributed by atoms with Gasteiger partial charge in [0.2, 0.25) is 11.8 Å². The van der Waals surface area contributed by atoms with E-state index in [-0.39, 0.29) is 30.1 Å². The lowest BCUT2D eigenvalue weighted by Crippen LogP contribution is -2.30. The van der Waals surface area contributed by atoms with Gasteiger partial charge in [-0.05, 0) is 54.8 Å². The van der Waals surface area contributed by atoms with E-state index in [1.807, 2.05) is 0 Å². The molecule has 5 nitrogen and oxygen atoms in total. The lowest BCUT2D eigenvalue weighted by Gasteiger charge is -2.19. The zero-order chi connectivity index (χ0) is 19.7. The van der Waals surface area contributed by atoms with Gasteiger partial charge in [-0.2, -0.15) is 0 Å². The number of esters is 1. The summed E-state index contributed by atoms with van der Waals surface area (Å²) in [5.74, 6) is -0.603. The van der Waals surface area contributed by atoms with Crippen molar-refractivity contribution < 1.29 is 19.1 Å². The first-order valence-electron chi connectivity index (χ1n) is 9.46. The Labute approximate surface area is 168 Å². The van der Waals surface area contributed by atoms with Crippen LogP contribution in [0.15, 0.2) is 48.5 Å². The van der Waals surface area contributed by atoms with Gasteiger partial charge in [0, 0.05) is 5.02 Å². The van der Waals surface area contributed by atoms with Crippen molar-refractivity contribution in [3.05, 3.63) is 59.1 Å². The van der Waals surface area contributed by atoms with Crippen molar-refractivity contribution in [3.8, 4) is 5.75 Å². The Morgan fingerprint density at radius 2 is 1.50 bits per heavy atom. The second-order valence-electron chi connectivity index (χ2n) is 7.28. The highest BCUT2D eigenvalue weighted by Gasteiger charge is 2.48. The second-order valence-corrected chi connectivity index (χ2v) is 7.72. The van der Waals surface area contributed by atoms with Crippen LogP contribution in [0.3, 0.4) is 0 Å². The van der Waals surface area contributed by atoms with Gasteiger partial charge in [0.25, 0.3) is 0 Å². The standard InChI is InChI=1S/C22H20ClNO4/c23-15-7-5-14(6-8-15)13-20(25)28-17-11-9-16(10-12-17)24-21(26)18-3-1-2-4-19(18)22(24)27/h5-12,18-19H,1-4,13H2/t18-,19-/m1/s1. The Morgan fingerprint density at radius 1 is 0.929 bits per heavy atom. The molecule has 28 heavy (non-hydrogen) atoms. The number of ether oxygens (including phenoxy) is 1. The molecule has 2 fully saturated rings. The molecule has 1 heterocycles. The summed E-state index contributed by atoms with van der Waals surface area (Å²) in [7, 11) is 0. The number of carbonyl (C=O) groups is 3. The highest BCUT2D eigenvalue weighted by atomic mass is 35.5. The number of amides is 2. The number of fused-ring (bicyclic) bond motifs is 1. The van der Waals surface area contributed by atoms with E-state index in [4.69, 9.17) is 16.3 Å². The maximum atomic E-state index is 12.7. The van der Waals surface area contributed by atoms with E-state index in [2.05, 4.69) is 0 Å². The molecule has 144 valence electrons. The average Bonchev–Trinajstić information content (AvgIpc) is 2.95. The Hall–Kier alpha value is -2.66. The number of anilines is 1. The maximum absolute atomic E-state index is 12.7. The summed E-state index contributed by atoms with van der Waals surface area (Å²) in [5, 5.41) is 0.610. The number of benzene rings is 2. The molecule has 0 bridgehead atoms. The van der Waals surface area contributed by atoms with Crippen LogP contribution in [0.5, 0.6) is 5.75 Å². The average molecular weight is 398 g/mol. The quantitative estimate of drug-likeness (QED) is 0.441. The van der Waals surface area contributed by atoms with Gasteiger partial charge in [0.15, 0.2) is 0 Å². The Bertz CT molecular complexity index is 883. The Kier molecular flexibility index (Phi) is 5.18. The zero-order valence-electron chi connectivity index (χ0n) is 15.3. The molecule has 1 saturated carbocycles. The van der Waals surface area contributed by atoms with Crippen molar-refractivity contribution in [3.63, 3.8) is 0 Å². The van der Waals surface area contributed by atoms with E-state index in [9.17, 15) is 14.4 Å². The van der Waals surface area contributed by atoms with Crippen LogP contribution in [0.25, 0.3) is 0 Å². The van der Waals surface area contributed by atoms with E-state index in [0.717, 1.165) is 31.2 Å². The van der Waals surface area contributed by atoms with Gasteiger partial charge >= 0.3 is 5.97 Å². The van der Waals surface area contributed by atoms with Crippen LogP contribution in [0.4, 0.5) is 5.69 Å². The van der Waals surface area contributed by atoms with Crippen molar-refractivity contribution >= 4 is 35.1 Å². The van der Waals surface area contributed by atoms with Crippen molar-refractivity contribution in [1.29, 1.82) is 0 Å². The van der Waals surface area contributed by atoms with Gasteiger partial charge in [-0.25, -0.2) is 0 Å². The van der Waals surface area contributed by atoms with E-state index in [1.165, 1.54) is 4.90 Å². The van der Waals surface area contributed by atoms with Gasteiger partial charge in [0.1, 0.15) is 5.75 Å². The minimum atomic E-state index is -0.394. The summed E-state index contributed by atoms with van der Waals surface area (Å²) in [6.45, 7) is 0. The zero-order valence-corrected chi connectivity index (χ0v) is 16.0.